The van der Waals surface area contributed by atoms with Gasteiger partial charge in [-0.2, -0.15) is 5.10 Å². The predicted molar refractivity (Wildman–Crippen MR) is 63.3 cm³/mol. The summed E-state index contributed by atoms with van der Waals surface area (Å²) < 4.78 is 25.6. The standard InChI is InChI=1S/C11H9ClF2N2O/c1-2-11(17)10(6-12)16-15-9-4-7(13)3-8(14)5-9/h2-5,15H,1,6H2/b16-10-. The summed E-state index contributed by atoms with van der Waals surface area (Å²) in [4.78, 5) is 11.2. The molecule has 1 aromatic carbocycles. The SMILES string of the molecule is C=CC(=O)/C(CCl)=N\Nc1cc(F)cc(F)c1. The number of benzene rings is 1. The van der Waals surface area contributed by atoms with Crippen LogP contribution < -0.4 is 5.43 Å². The summed E-state index contributed by atoms with van der Waals surface area (Å²) in [6.45, 7) is 3.28. The number of ketones is 1. The van der Waals surface area contributed by atoms with Crippen LogP contribution in [-0.4, -0.2) is 17.4 Å². The lowest BCUT2D eigenvalue weighted by Gasteiger charge is -2.03. The normalized spacial score (nSPS) is 11.1. The maximum absolute atomic E-state index is 12.8. The number of carbonyl (C=O) groups is 1. The van der Waals surface area contributed by atoms with E-state index in [1.807, 2.05) is 0 Å². The molecule has 0 aliphatic carbocycles. The van der Waals surface area contributed by atoms with E-state index in [9.17, 15) is 13.6 Å². The molecule has 0 radical (unpaired) electrons. The number of halogens is 3. The van der Waals surface area contributed by atoms with E-state index in [2.05, 4.69) is 17.1 Å². The van der Waals surface area contributed by atoms with Gasteiger partial charge >= 0.3 is 0 Å². The summed E-state index contributed by atoms with van der Waals surface area (Å²) in [5.74, 6) is -2.07. The van der Waals surface area contributed by atoms with Crippen LogP contribution in [0.4, 0.5) is 14.5 Å². The minimum atomic E-state index is -0.745. The quantitative estimate of drug-likeness (QED) is 0.382. The van der Waals surface area contributed by atoms with Crippen molar-refractivity contribution in [1.82, 2.24) is 0 Å². The Balaban J connectivity index is 2.87. The van der Waals surface area contributed by atoms with Crippen LogP contribution in [0, 0.1) is 11.6 Å². The van der Waals surface area contributed by atoms with Crippen molar-refractivity contribution in [2.45, 2.75) is 0 Å². The van der Waals surface area contributed by atoms with Gasteiger partial charge < -0.3 is 0 Å². The highest BCUT2D eigenvalue weighted by Gasteiger charge is 2.06. The van der Waals surface area contributed by atoms with E-state index >= 15 is 0 Å². The molecule has 0 saturated heterocycles. The van der Waals surface area contributed by atoms with Gasteiger partial charge in [-0.1, -0.05) is 6.58 Å². The van der Waals surface area contributed by atoms with E-state index in [-0.39, 0.29) is 17.3 Å². The zero-order valence-corrected chi connectivity index (χ0v) is 9.47. The third-order valence-electron chi connectivity index (χ3n) is 1.78. The fourth-order valence-corrected chi connectivity index (χ4v) is 1.21. The molecule has 0 heterocycles. The number of nitrogens with zero attached hydrogens (tertiary/aromatic N) is 1. The van der Waals surface area contributed by atoms with Gasteiger partial charge in [0.25, 0.3) is 0 Å². The number of hydrogen-bond acceptors (Lipinski definition) is 3. The molecule has 0 bridgehead atoms. The molecule has 0 aromatic heterocycles. The van der Waals surface area contributed by atoms with Gasteiger partial charge in [0, 0.05) is 6.07 Å². The van der Waals surface area contributed by atoms with E-state index in [0.29, 0.717) is 0 Å². The predicted octanol–water partition coefficient (Wildman–Crippen LogP) is 2.73. The number of carbonyl (C=O) groups excluding carboxylic acids is 1. The van der Waals surface area contributed by atoms with Crippen LogP contribution in [0.5, 0.6) is 0 Å². The third-order valence-corrected chi connectivity index (χ3v) is 2.03. The highest BCUT2D eigenvalue weighted by Crippen LogP contribution is 2.12. The first-order valence-corrected chi connectivity index (χ1v) is 5.11. The number of alkyl halides is 1. The van der Waals surface area contributed by atoms with Crippen molar-refractivity contribution in [3.05, 3.63) is 42.5 Å². The first-order chi connectivity index (χ1) is 8.06. The van der Waals surface area contributed by atoms with E-state index in [4.69, 9.17) is 11.6 Å². The van der Waals surface area contributed by atoms with Crippen molar-refractivity contribution < 1.29 is 13.6 Å². The van der Waals surface area contributed by atoms with Crippen LogP contribution in [0.1, 0.15) is 0 Å². The third kappa shape index (κ3) is 3.96. The molecule has 0 aliphatic rings. The molecular formula is C11H9ClF2N2O. The Bertz CT molecular complexity index is 454. The second-order valence-electron chi connectivity index (χ2n) is 3.03. The number of anilines is 1. The molecule has 90 valence electrons. The number of nitrogens with one attached hydrogen (secondary N) is 1. The van der Waals surface area contributed by atoms with Crippen molar-refractivity contribution in [2.75, 3.05) is 11.3 Å². The Morgan fingerprint density at radius 3 is 2.47 bits per heavy atom. The molecule has 3 nitrogen and oxygen atoms in total. The lowest BCUT2D eigenvalue weighted by molar-refractivity contribution is -0.108. The maximum Gasteiger partial charge on any atom is 0.202 e. The van der Waals surface area contributed by atoms with Gasteiger partial charge in [0.1, 0.15) is 17.3 Å². The second-order valence-corrected chi connectivity index (χ2v) is 3.30. The van der Waals surface area contributed by atoms with Gasteiger partial charge in [-0.05, 0) is 18.2 Å². The second kappa shape index (κ2) is 6.10. The Morgan fingerprint density at radius 1 is 1.41 bits per heavy atom. The highest BCUT2D eigenvalue weighted by atomic mass is 35.5. The van der Waals surface area contributed by atoms with Crippen molar-refractivity contribution >= 4 is 28.8 Å². The molecule has 0 unspecified atom stereocenters. The number of allylic oxidation sites excluding steroid dienone is 1. The minimum absolute atomic E-state index is 0.00587. The van der Waals surface area contributed by atoms with Gasteiger partial charge in [0.2, 0.25) is 5.78 Å². The number of hydrazone groups is 1. The largest absolute Gasteiger partial charge is 0.288 e. The molecule has 0 spiro atoms. The average molecular weight is 259 g/mol. The van der Waals surface area contributed by atoms with Crippen molar-refractivity contribution in [3.8, 4) is 0 Å². The molecule has 1 rings (SSSR count). The number of rotatable bonds is 5. The molecule has 17 heavy (non-hydrogen) atoms. The molecule has 1 aromatic rings. The summed E-state index contributed by atoms with van der Waals surface area (Å²) in [6, 6.07) is 2.81. The Morgan fingerprint density at radius 2 is 2.00 bits per heavy atom. The van der Waals surface area contributed by atoms with Crippen LogP contribution in [0.3, 0.4) is 0 Å². The summed E-state index contributed by atoms with van der Waals surface area (Å²) in [7, 11) is 0. The fourth-order valence-electron chi connectivity index (χ4n) is 1.02. The monoisotopic (exact) mass is 258 g/mol. The lowest BCUT2D eigenvalue weighted by Crippen LogP contribution is -2.14. The van der Waals surface area contributed by atoms with E-state index < -0.39 is 17.4 Å². The summed E-state index contributed by atoms with van der Waals surface area (Å²) in [5.41, 5.74) is 2.44. The van der Waals surface area contributed by atoms with Crippen molar-refractivity contribution in [3.63, 3.8) is 0 Å². The zero-order chi connectivity index (χ0) is 12.8. The van der Waals surface area contributed by atoms with Gasteiger partial charge in [0.05, 0.1) is 11.6 Å². The van der Waals surface area contributed by atoms with Gasteiger partial charge in [-0.25, -0.2) is 8.78 Å². The molecule has 0 aliphatic heterocycles. The molecule has 6 heteroatoms. The first-order valence-electron chi connectivity index (χ1n) is 4.58. The van der Waals surface area contributed by atoms with Crippen molar-refractivity contribution in [1.29, 1.82) is 0 Å². The van der Waals surface area contributed by atoms with Crippen LogP contribution in [0.15, 0.2) is 36.0 Å². The fraction of sp³-hybridized carbons (Fsp3) is 0.0909. The minimum Gasteiger partial charge on any atom is -0.288 e. The van der Waals surface area contributed by atoms with E-state index in [1.165, 1.54) is 0 Å². The lowest BCUT2D eigenvalue weighted by atomic mass is 10.3. The molecular weight excluding hydrogens is 250 g/mol. The molecule has 1 N–H and O–H groups in total. The number of hydrogen-bond donors (Lipinski definition) is 1. The Hall–Kier alpha value is -1.75. The van der Waals surface area contributed by atoms with E-state index in [0.717, 1.165) is 24.3 Å². The smallest absolute Gasteiger partial charge is 0.202 e. The summed E-state index contributed by atoms with van der Waals surface area (Å²) in [6.07, 6.45) is 1.05. The summed E-state index contributed by atoms with van der Waals surface area (Å²) >= 11 is 5.48. The van der Waals surface area contributed by atoms with Gasteiger partial charge in [0.15, 0.2) is 0 Å². The van der Waals surface area contributed by atoms with Crippen LogP contribution in [-0.2, 0) is 4.79 Å². The molecule has 0 amide bonds. The van der Waals surface area contributed by atoms with E-state index in [1.54, 1.807) is 0 Å². The van der Waals surface area contributed by atoms with Crippen LogP contribution in [0.25, 0.3) is 0 Å². The topological polar surface area (TPSA) is 41.5 Å². The highest BCUT2D eigenvalue weighted by molar-refractivity contribution is 6.52. The van der Waals surface area contributed by atoms with Crippen LogP contribution >= 0.6 is 11.6 Å². The molecule has 0 atom stereocenters. The van der Waals surface area contributed by atoms with Crippen LogP contribution in [0.2, 0.25) is 0 Å². The summed E-state index contributed by atoms with van der Waals surface area (Å²) in [5, 5.41) is 3.65. The van der Waals surface area contributed by atoms with Gasteiger partial charge in [-0.15, -0.1) is 11.6 Å². The molecule has 0 fully saturated rings. The Kier molecular flexibility index (Phi) is 4.78. The Labute approximate surface area is 102 Å². The zero-order valence-electron chi connectivity index (χ0n) is 8.71. The molecule has 0 saturated carbocycles. The van der Waals surface area contributed by atoms with Crippen molar-refractivity contribution in [2.24, 2.45) is 5.10 Å². The average Bonchev–Trinajstić information content (AvgIpc) is 2.28. The van der Waals surface area contributed by atoms with Gasteiger partial charge in [-0.3, -0.25) is 10.2 Å². The first kappa shape index (κ1) is 13.3. The maximum atomic E-state index is 12.8.